The van der Waals surface area contributed by atoms with Crippen molar-refractivity contribution >= 4 is 43.2 Å². The number of benzene rings is 2. The Kier molecular flexibility index (Phi) is 8.81. The lowest BCUT2D eigenvalue weighted by molar-refractivity contribution is -0.114. The van der Waals surface area contributed by atoms with E-state index in [1.807, 2.05) is 13.8 Å². The number of hydrogen-bond acceptors (Lipinski definition) is 6. The third-order valence-corrected chi connectivity index (χ3v) is 7.68. The average molecular weight is 511 g/mol. The van der Waals surface area contributed by atoms with E-state index in [0.29, 0.717) is 6.54 Å². The second-order valence-corrected chi connectivity index (χ2v) is 12.3. The molecule has 186 valence electrons. The molecule has 0 aromatic heterocycles. The predicted molar refractivity (Wildman–Crippen MR) is 132 cm³/mol. The van der Waals surface area contributed by atoms with Crippen LogP contribution in [0.2, 0.25) is 0 Å². The Bertz CT molecular complexity index is 1240. The molecule has 0 bridgehead atoms. The summed E-state index contributed by atoms with van der Waals surface area (Å²) in [5, 5.41) is 5.37. The van der Waals surface area contributed by atoms with Crippen molar-refractivity contribution in [3.63, 3.8) is 0 Å². The number of para-hydroxylation sites is 1. The second kappa shape index (κ2) is 11.0. The van der Waals surface area contributed by atoms with Crippen LogP contribution in [-0.4, -0.2) is 66.4 Å². The molecule has 2 N–H and O–H groups in total. The minimum atomic E-state index is -3.88. The van der Waals surface area contributed by atoms with Crippen LogP contribution in [-0.2, 0) is 24.8 Å². The summed E-state index contributed by atoms with van der Waals surface area (Å²) in [6.07, 6.45) is 0.943. The van der Waals surface area contributed by atoms with Gasteiger partial charge in [0.25, 0.3) is 5.91 Å². The molecular formula is C22H30N4O6S2. The largest absolute Gasteiger partial charge is 0.352 e. The molecule has 34 heavy (non-hydrogen) atoms. The van der Waals surface area contributed by atoms with E-state index in [1.54, 1.807) is 24.3 Å². The van der Waals surface area contributed by atoms with Crippen molar-refractivity contribution in [3.8, 4) is 0 Å². The van der Waals surface area contributed by atoms with Crippen molar-refractivity contribution in [3.05, 3.63) is 54.1 Å². The highest BCUT2D eigenvalue weighted by molar-refractivity contribution is 7.92. The van der Waals surface area contributed by atoms with Crippen LogP contribution in [0.5, 0.6) is 0 Å². The summed E-state index contributed by atoms with van der Waals surface area (Å²) in [7, 11) is -4.80. The van der Waals surface area contributed by atoms with E-state index in [4.69, 9.17) is 0 Å². The highest BCUT2D eigenvalue weighted by atomic mass is 32.2. The SMILES string of the molecule is CC(C)CNC(=O)c1ccccc1NC(=O)CN(c1ccc(S(=O)(=O)N(C)C)cc1)S(C)(=O)=O. The molecule has 0 saturated carbocycles. The molecule has 2 amide bonds. The third-order valence-electron chi connectivity index (χ3n) is 4.71. The number of nitrogens with zero attached hydrogens (tertiary/aromatic N) is 2. The lowest BCUT2D eigenvalue weighted by Gasteiger charge is -2.22. The van der Waals surface area contributed by atoms with Gasteiger partial charge in [-0.1, -0.05) is 26.0 Å². The molecule has 0 saturated heterocycles. The van der Waals surface area contributed by atoms with Gasteiger partial charge in [0.2, 0.25) is 26.0 Å². The fraction of sp³-hybridized carbons (Fsp3) is 0.364. The summed E-state index contributed by atoms with van der Waals surface area (Å²) < 4.78 is 51.2. The normalized spacial score (nSPS) is 12.0. The maximum absolute atomic E-state index is 12.7. The lowest BCUT2D eigenvalue weighted by atomic mass is 10.1. The first kappa shape index (κ1) is 27.3. The summed E-state index contributed by atoms with van der Waals surface area (Å²) >= 11 is 0. The van der Waals surface area contributed by atoms with Gasteiger partial charge in [-0.2, -0.15) is 0 Å². The van der Waals surface area contributed by atoms with Gasteiger partial charge in [0, 0.05) is 20.6 Å². The maximum atomic E-state index is 12.7. The first-order valence-corrected chi connectivity index (χ1v) is 13.7. The number of sulfonamides is 2. The zero-order valence-electron chi connectivity index (χ0n) is 19.8. The molecule has 0 heterocycles. The quantitative estimate of drug-likeness (QED) is 0.500. The van der Waals surface area contributed by atoms with E-state index in [1.165, 1.54) is 38.4 Å². The van der Waals surface area contributed by atoms with Gasteiger partial charge in [-0.15, -0.1) is 0 Å². The van der Waals surface area contributed by atoms with E-state index in [2.05, 4.69) is 10.6 Å². The van der Waals surface area contributed by atoms with Crippen LogP contribution in [0, 0.1) is 5.92 Å². The molecule has 0 aliphatic heterocycles. The number of nitrogens with one attached hydrogen (secondary N) is 2. The highest BCUT2D eigenvalue weighted by Gasteiger charge is 2.23. The van der Waals surface area contributed by atoms with Crippen LogP contribution in [0.1, 0.15) is 24.2 Å². The van der Waals surface area contributed by atoms with Gasteiger partial charge in [-0.25, -0.2) is 21.1 Å². The fourth-order valence-electron chi connectivity index (χ4n) is 2.90. The van der Waals surface area contributed by atoms with E-state index in [-0.39, 0.29) is 33.7 Å². The average Bonchev–Trinajstić information content (AvgIpc) is 2.75. The van der Waals surface area contributed by atoms with Crippen LogP contribution >= 0.6 is 0 Å². The first-order valence-electron chi connectivity index (χ1n) is 10.4. The number of amides is 2. The summed E-state index contributed by atoms with van der Waals surface area (Å²) in [5.74, 6) is -0.782. The van der Waals surface area contributed by atoms with Crippen LogP contribution in [0.3, 0.4) is 0 Å². The van der Waals surface area contributed by atoms with Crippen LogP contribution in [0.25, 0.3) is 0 Å². The van der Waals surface area contributed by atoms with Gasteiger partial charge in [-0.3, -0.25) is 13.9 Å². The van der Waals surface area contributed by atoms with Crippen molar-refractivity contribution in [1.82, 2.24) is 9.62 Å². The summed E-state index contributed by atoms with van der Waals surface area (Å²) in [6, 6.07) is 11.6. The van der Waals surface area contributed by atoms with Crippen molar-refractivity contribution in [2.75, 3.05) is 43.1 Å². The fourth-order valence-corrected chi connectivity index (χ4v) is 4.66. The lowest BCUT2D eigenvalue weighted by Crippen LogP contribution is -2.38. The second-order valence-electron chi connectivity index (χ2n) is 8.25. The molecule has 0 aliphatic rings. The van der Waals surface area contributed by atoms with Gasteiger partial charge in [0.1, 0.15) is 6.54 Å². The number of carbonyl (C=O) groups is 2. The van der Waals surface area contributed by atoms with Gasteiger partial charge >= 0.3 is 0 Å². The molecule has 0 aliphatic carbocycles. The standard InChI is InChI=1S/C22H30N4O6S2/c1-16(2)14-23-22(28)19-8-6-7-9-20(19)24-21(27)15-26(33(5,29)30)17-10-12-18(13-11-17)34(31,32)25(3)4/h6-13,16H,14-15H2,1-5H3,(H,23,28)(H,24,27). The van der Waals surface area contributed by atoms with E-state index >= 15 is 0 Å². The molecule has 0 radical (unpaired) electrons. The van der Waals surface area contributed by atoms with Gasteiger partial charge in [-0.05, 0) is 42.3 Å². The predicted octanol–water partition coefficient (Wildman–Crippen LogP) is 1.73. The van der Waals surface area contributed by atoms with Crippen molar-refractivity contribution in [2.24, 2.45) is 5.92 Å². The molecule has 2 aromatic rings. The molecule has 12 heteroatoms. The minimum absolute atomic E-state index is 0.0134. The molecule has 0 spiro atoms. The smallest absolute Gasteiger partial charge is 0.253 e. The number of anilines is 2. The molecule has 10 nitrogen and oxygen atoms in total. The zero-order valence-corrected chi connectivity index (χ0v) is 21.4. The van der Waals surface area contributed by atoms with E-state index in [0.717, 1.165) is 14.9 Å². The first-order chi connectivity index (χ1) is 15.7. The molecular weight excluding hydrogens is 480 g/mol. The maximum Gasteiger partial charge on any atom is 0.253 e. The van der Waals surface area contributed by atoms with E-state index < -0.39 is 32.5 Å². The topological polar surface area (TPSA) is 133 Å². The Hall–Kier alpha value is -2.96. The Morgan fingerprint density at radius 3 is 2.06 bits per heavy atom. The number of rotatable bonds is 10. The Balaban J connectivity index is 2.25. The van der Waals surface area contributed by atoms with Gasteiger partial charge < -0.3 is 10.6 Å². The number of hydrogen-bond donors (Lipinski definition) is 2. The van der Waals surface area contributed by atoms with Gasteiger partial charge in [0.05, 0.1) is 28.1 Å². The zero-order chi connectivity index (χ0) is 25.7. The third kappa shape index (κ3) is 7.02. The van der Waals surface area contributed by atoms with E-state index in [9.17, 15) is 26.4 Å². The molecule has 0 unspecified atom stereocenters. The highest BCUT2D eigenvalue weighted by Crippen LogP contribution is 2.22. The summed E-state index contributed by atoms with van der Waals surface area (Å²) in [5.41, 5.74) is 0.619. The Morgan fingerprint density at radius 2 is 1.53 bits per heavy atom. The molecule has 0 atom stereocenters. The van der Waals surface area contributed by atoms with Crippen molar-refractivity contribution < 1.29 is 26.4 Å². The monoisotopic (exact) mass is 510 g/mol. The Morgan fingerprint density at radius 1 is 0.941 bits per heavy atom. The molecule has 2 rings (SSSR count). The van der Waals surface area contributed by atoms with Crippen LogP contribution in [0.4, 0.5) is 11.4 Å². The van der Waals surface area contributed by atoms with Crippen LogP contribution in [0.15, 0.2) is 53.4 Å². The summed E-state index contributed by atoms with van der Waals surface area (Å²) in [6.45, 7) is 3.80. The Labute approximate surface area is 201 Å². The minimum Gasteiger partial charge on any atom is -0.352 e. The molecule has 2 aromatic carbocycles. The molecule has 0 fully saturated rings. The number of carbonyl (C=O) groups excluding carboxylic acids is 2. The van der Waals surface area contributed by atoms with Crippen molar-refractivity contribution in [1.29, 1.82) is 0 Å². The van der Waals surface area contributed by atoms with Crippen LogP contribution < -0.4 is 14.9 Å². The summed E-state index contributed by atoms with van der Waals surface area (Å²) in [4.78, 5) is 25.2. The van der Waals surface area contributed by atoms with Crippen molar-refractivity contribution in [2.45, 2.75) is 18.7 Å². The van der Waals surface area contributed by atoms with Gasteiger partial charge in [0.15, 0.2) is 0 Å².